The maximum Gasteiger partial charge on any atom is 0.187 e. The molecule has 0 aliphatic carbocycles. The van der Waals surface area contributed by atoms with Crippen molar-refractivity contribution in [3.05, 3.63) is 66.9 Å². The molecule has 0 saturated heterocycles. The van der Waals surface area contributed by atoms with Crippen LogP contribution in [0.1, 0.15) is 0 Å². The molecule has 2 N–H and O–H groups in total. The number of hydrogen-bond acceptors (Lipinski definition) is 3. The van der Waals surface area contributed by atoms with E-state index in [0.29, 0.717) is 11.3 Å². The number of fused-ring (bicyclic) bond motifs is 1. The molecule has 0 aliphatic heterocycles. The first-order valence-electron chi connectivity index (χ1n) is 5.54. The molecule has 3 nitrogen and oxygen atoms in total. The lowest BCUT2D eigenvalue weighted by molar-refractivity contribution is 0.475. The highest BCUT2D eigenvalue weighted by Gasteiger charge is 1.96. The summed E-state index contributed by atoms with van der Waals surface area (Å²) in [4.78, 5) is 4.03. The Bertz CT molecular complexity index is 624. The molecule has 0 unspecified atom stereocenters. The number of hydrogen-bond donors (Lipinski definition) is 2. The van der Waals surface area contributed by atoms with E-state index in [0.717, 1.165) is 5.39 Å². The van der Waals surface area contributed by atoms with Crippen molar-refractivity contribution < 1.29 is 10.2 Å². The van der Waals surface area contributed by atoms with Gasteiger partial charge in [-0.05, 0) is 24.3 Å². The van der Waals surface area contributed by atoms with Gasteiger partial charge in [0.15, 0.2) is 17.4 Å². The highest BCUT2D eigenvalue weighted by Crippen LogP contribution is 2.20. The number of aromatic nitrogens is 1. The van der Waals surface area contributed by atoms with Crippen molar-refractivity contribution in [3.63, 3.8) is 0 Å². The molecule has 3 rings (SSSR count). The van der Waals surface area contributed by atoms with Crippen LogP contribution in [-0.4, -0.2) is 32.6 Å². The molecule has 0 aliphatic rings. The van der Waals surface area contributed by atoms with Crippen LogP contribution in [0.4, 0.5) is 0 Å². The van der Waals surface area contributed by atoms with E-state index in [2.05, 4.69) is 4.98 Å². The normalized spacial score (nSPS) is 9.05. The number of phenols is 2. The fourth-order valence-corrected chi connectivity index (χ4v) is 1.52. The molecule has 3 aromatic rings. The molecular weight excluding hydrogens is 253 g/mol. The van der Waals surface area contributed by atoms with Crippen LogP contribution >= 0.6 is 0 Å². The number of rotatable bonds is 0. The van der Waals surface area contributed by atoms with Gasteiger partial charge < -0.3 is 10.2 Å². The Morgan fingerprint density at radius 3 is 2.00 bits per heavy atom. The van der Waals surface area contributed by atoms with Crippen LogP contribution < -0.4 is 0 Å². The van der Waals surface area contributed by atoms with Gasteiger partial charge in [-0.25, -0.2) is 0 Å². The summed E-state index contributed by atoms with van der Waals surface area (Å²) in [6, 6.07) is 17.8. The predicted molar refractivity (Wildman–Crippen MR) is 81.5 cm³/mol. The minimum absolute atomic E-state index is 0. The summed E-state index contributed by atoms with van der Waals surface area (Å²) in [5.41, 5.74) is 0.662. The van der Waals surface area contributed by atoms with E-state index in [-0.39, 0.29) is 23.1 Å². The second-order valence-electron chi connectivity index (χ2n) is 3.69. The number of aromatic hydroxyl groups is 2. The summed E-state index contributed by atoms with van der Waals surface area (Å²) in [5, 5.41) is 18.9. The zero-order valence-electron chi connectivity index (χ0n) is 9.69. The Morgan fingerprint density at radius 2 is 1.42 bits per heavy atom. The molecule has 2 aromatic carbocycles. The van der Waals surface area contributed by atoms with Crippen molar-refractivity contribution in [2.24, 2.45) is 0 Å². The van der Waals surface area contributed by atoms with Crippen molar-refractivity contribution >= 4 is 28.3 Å². The smallest absolute Gasteiger partial charge is 0.187 e. The minimum Gasteiger partial charge on any atom is -0.508 e. The molecule has 0 fully saturated rings. The Balaban J connectivity index is 0.000000198. The number of benzene rings is 2. The van der Waals surface area contributed by atoms with Gasteiger partial charge in [-0.15, -0.1) is 0 Å². The average Bonchev–Trinajstić information content (AvgIpc) is 2.41. The van der Waals surface area contributed by atoms with Crippen molar-refractivity contribution in [3.8, 4) is 11.5 Å². The van der Waals surface area contributed by atoms with E-state index in [1.807, 2.05) is 24.3 Å². The first-order valence-corrected chi connectivity index (χ1v) is 5.54. The third kappa shape index (κ3) is 4.29. The minimum atomic E-state index is 0. The van der Waals surface area contributed by atoms with Gasteiger partial charge in [-0.2, -0.15) is 0 Å². The third-order valence-corrected chi connectivity index (χ3v) is 2.37. The average molecular weight is 269 g/mol. The van der Waals surface area contributed by atoms with Gasteiger partial charge in [0.2, 0.25) is 0 Å². The van der Waals surface area contributed by atoms with Gasteiger partial charge in [0.1, 0.15) is 17.0 Å². The van der Waals surface area contributed by atoms with Crippen LogP contribution in [0.5, 0.6) is 11.5 Å². The maximum absolute atomic E-state index is 9.31. The lowest BCUT2D eigenvalue weighted by Crippen LogP contribution is -1.76. The maximum atomic E-state index is 9.31. The molecule has 1 heterocycles. The lowest BCUT2D eigenvalue weighted by atomic mass is 10.2. The van der Waals surface area contributed by atoms with Gasteiger partial charge in [0.25, 0.3) is 0 Å². The van der Waals surface area contributed by atoms with E-state index in [4.69, 9.17) is 5.11 Å². The SMILES string of the molecule is Oc1cccc2cccnc12.Oc1ccccc1.[AlH3]. The molecule has 1 aromatic heterocycles. The summed E-state index contributed by atoms with van der Waals surface area (Å²) in [5.74, 6) is 0.561. The predicted octanol–water partition coefficient (Wildman–Crippen LogP) is 2.15. The van der Waals surface area contributed by atoms with Crippen LogP contribution in [0.3, 0.4) is 0 Å². The van der Waals surface area contributed by atoms with Gasteiger partial charge >= 0.3 is 0 Å². The molecular formula is C15H16AlNO2. The first kappa shape index (κ1) is 15.0. The Hall–Kier alpha value is -2.02. The zero-order chi connectivity index (χ0) is 12.8. The summed E-state index contributed by atoms with van der Waals surface area (Å²) in [7, 11) is 0. The fraction of sp³-hybridized carbons (Fsp3) is 0. The summed E-state index contributed by atoms with van der Waals surface area (Å²) in [6.07, 6.45) is 1.67. The number of para-hydroxylation sites is 2. The molecule has 96 valence electrons. The third-order valence-electron chi connectivity index (χ3n) is 2.37. The molecule has 0 spiro atoms. The lowest BCUT2D eigenvalue weighted by Gasteiger charge is -1.96. The van der Waals surface area contributed by atoms with Crippen molar-refractivity contribution in [2.75, 3.05) is 0 Å². The summed E-state index contributed by atoms with van der Waals surface area (Å²) >= 11 is 0. The van der Waals surface area contributed by atoms with E-state index < -0.39 is 0 Å². The largest absolute Gasteiger partial charge is 0.508 e. The van der Waals surface area contributed by atoms with Crippen molar-refractivity contribution in [1.82, 2.24) is 4.98 Å². The van der Waals surface area contributed by atoms with Gasteiger partial charge in [-0.3, -0.25) is 4.98 Å². The van der Waals surface area contributed by atoms with Crippen molar-refractivity contribution in [2.45, 2.75) is 0 Å². The summed E-state index contributed by atoms with van der Waals surface area (Å²) in [6.45, 7) is 0. The van der Waals surface area contributed by atoms with E-state index in [1.165, 1.54) is 0 Å². The highest BCUT2D eigenvalue weighted by molar-refractivity contribution is 5.83. The van der Waals surface area contributed by atoms with Crippen LogP contribution in [0.2, 0.25) is 0 Å². The van der Waals surface area contributed by atoms with Crippen LogP contribution in [0.15, 0.2) is 66.9 Å². The molecule has 0 amide bonds. The second kappa shape index (κ2) is 7.42. The molecule has 0 bridgehead atoms. The molecule has 19 heavy (non-hydrogen) atoms. The van der Waals surface area contributed by atoms with Gasteiger partial charge in [0.05, 0.1) is 0 Å². The van der Waals surface area contributed by atoms with Crippen LogP contribution in [0, 0.1) is 0 Å². The Morgan fingerprint density at radius 1 is 0.737 bits per heavy atom. The Kier molecular flexibility index (Phi) is 5.88. The molecule has 4 heteroatoms. The first-order chi connectivity index (χ1) is 8.77. The summed E-state index contributed by atoms with van der Waals surface area (Å²) < 4.78 is 0. The topological polar surface area (TPSA) is 53.4 Å². The number of phenolic OH excluding ortho intramolecular Hbond substituents is 2. The fourth-order valence-electron chi connectivity index (χ4n) is 1.52. The Labute approximate surface area is 122 Å². The van der Waals surface area contributed by atoms with E-state index >= 15 is 0 Å². The highest BCUT2D eigenvalue weighted by atomic mass is 27.0. The van der Waals surface area contributed by atoms with Crippen molar-refractivity contribution in [1.29, 1.82) is 0 Å². The van der Waals surface area contributed by atoms with E-state index in [9.17, 15) is 5.11 Å². The van der Waals surface area contributed by atoms with E-state index in [1.54, 1.807) is 42.6 Å². The van der Waals surface area contributed by atoms with Gasteiger partial charge in [0, 0.05) is 11.6 Å². The standard InChI is InChI=1S/C9H7NO.C6H6O.Al.3H/c11-8-5-1-3-7-4-2-6-10-9(7)8;7-6-4-2-1-3-5-6;;;;/h1-6,11H;1-5,7H;;;;. The number of pyridine rings is 1. The number of nitrogens with zero attached hydrogens (tertiary/aromatic N) is 1. The van der Waals surface area contributed by atoms with Gasteiger partial charge in [-0.1, -0.05) is 36.4 Å². The molecule has 0 saturated carbocycles. The second-order valence-corrected chi connectivity index (χ2v) is 3.69. The van der Waals surface area contributed by atoms with Crippen LogP contribution in [0.25, 0.3) is 10.9 Å². The zero-order valence-corrected chi connectivity index (χ0v) is 9.69. The molecule has 0 radical (unpaired) electrons. The van der Waals surface area contributed by atoms with Crippen LogP contribution in [-0.2, 0) is 0 Å². The molecule has 0 atom stereocenters. The quantitative estimate of drug-likeness (QED) is 0.615. The monoisotopic (exact) mass is 269 g/mol.